The predicted molar refractivity (Wildman–Crippen MR) is 218 cm³/mol. The lowest BCUT2D eigenvalue weighted by Crippen LogP contribution is -2.41. The van der Waals surface area contributed by atoms with Crippen LogP contribution >= 0.6 is 0 Å². The van der Waals surface area contributed by atoms with Crippen molar-refractivity contribution < 1.29 is 27.4 Å². The molecule has 0 spiro atoms. The van der Waals surface area contributed by atoms with Crippen LogP contribution in [0.4, 0.5) is 20.2 Å². The molecule has 4 aliphatic rings. The minimum atomic E-state index is -0.523. The van der Waals surface area contributed by atoms with Crippen LogP contribution in [0.25, 0.3) is 0 Å². The van der Waals surface area contributed by atoms with Gasteiger partial charge in [0.25, 0.3) is 0 Å². The Labute approximate surface area is 326 Å². The molecular formula is C45H54B2F2N2O4. The standard InChI is InChI=1S/C45H54B2F2N2O4/c1-42(2)43(3,4)53-46(52-42)34-18-14-32(15-19-34)39-22-23-40(33-16-20-35(21-17-33)47-54-44(5,6)45(7,8)55-47)51(39)36-28-37(48)41(38(49)29-36)50-26-24-31(25-27-50)30-12-10-9-11-13-30/h9-21,28-29,31,39-40H,22-27H2,1-8H3/t39-,40-/m1/s1. The van der Waals surface area contributed by atoms with Gasteiger partial charge in [-0.1, -0.05) is 78.9 Å². The fourth-order valence-corrected chi connectivity index (χ4v) is 8.70. The van der Waals surface area contributed by atoms with Crippen molar-refractivity contribution in [3.05, 3.63) is 119 Å². The van der Waals surface area contributed by atoms with Crippen LogP contribution < -0.4 is 20.7 Å². The van der Waals surface area contributed by atoms with Gasteiger partial charge >= 0.3 is 14.2 Å². The number of hydrogen-bond acceptors (Lipinski definition) is 6. The summed E-state index contributed by atoms with van der Waals surface area (Å²) in [6, 6.07) is 30.0. The Balaban J connectivity index is 1.09. The van der Waals surface area contributed by atoms with Gasteiger partial charge in [0.1, 0.15) is 5.69 Å². The molecule has 4 heterocycles. The molecule has 0 N–H and O–H groups in total. The monoisotopic (exact) mass is 746 g/mol. The summed E-state index contributed by atoms with van der Waals surface area (Å²) >= 11 is 0. The van der Waals surface area contributed by atoms with Crippen LogP contribution in [0.5, 0.6) is 0 Å². The van der Waals surface area contributed by atoms with E-state index in [9.17, 15) is 0 Å². The summed E-state index contributed by atoms with van der Waals surface area (Å²) in [5, 5.41) is 0. The van der Waals surface area contributed by atoms with Crippen molar-refractivity contribution in [1.29, 1.82) is 0 Å². The van der Waals surface area contributed by atoms with Crippen molar-refractivity contribution >= 4 is 36.5 Å². The molecule has 0 bridgehead atoms. The van der Waals surface area contributed by atoms with E-state index in [2.05, 4.69) is 133 Å². The van der Waals surface area contributed by atoms with Crippen molar-refractivity contribution in [1.82, 2.24) is 0 Å². The molecule has 288 valence electrons. The van der Waals surface area contributed by atoms with Crippen LogP contribution in [0.3, 0.4) is 0 Å². The Morgan fingerprint density at radius 3 is 1.33 bits per heavy atom. The van der Waals surface area contributed by atoms with E-state index < -0.39 is 48.3 Å². The maximum Gasteiger partial charge on any atom is 0.494 e. The lowest BCUT2D eigenvalue weighted by atomic mass is 9.78. The van der Waals surface area contributed by atoms with Gasteiger partial charge in [0.15, 0.2) is 11.6 Å². The van der Waals surface area contributed by atoms with Crippen LogP contribution in [-0.4, -0.2) is 49.7 Å². The van der Waals surface area contributed by atoms with Gasteiger partial charge in [-0.3, -0.25) is 0 Å². The second-order valence-electron chi connectivity index (χ2n) is 18.0. The number of anilines is 2. The molecule has 10 heteroatoms. The molecule has 0 aromatic heterocycles. The van der Waals surface area contributed by atoms with E-state index in [0.29, 0.717) is 24.7 Å². The molecule has 0 aliphatic carbocycles. The van der Waals surface area contributed by atoms with Gasteiger partial charge in [-0.05, 0) is 127 Å². The van der Waals surface area contributed by atoms with Gasteiger partial charge < -0.3 is 28.4 Å². The average Bonchev–Trinajstić information content (AvgIpc) is 3.76. The highest BCUT2D eigenvalue weighted by atomic mass is 19.1. The molecule has 4 aliphatic heterocycles. The summed E-state index contributed by atoms with van der Waals surface area (Å²) in [7, 11) is -0.940. The van der Waals surface area contributed by atoms with Crippen molar-refractivity contribution in [2.24, 2.45) is 0 Å². The van der Waals surface area contributed by atoms with E-state index in [-0.39, 0.29) is 17.8 Å². The van der Waals surface area contributed by atoms with E-state index in [4.69, 9.17) is 18.6 Å². The molecule has 4 fully saturated rings. The molecule has 4 saturated heterocycles. The van der Waals surface area contributed by atoms with E-state index in [1.165, 1.54) is 5.56 Å². The van der Waals surface area contributed by atoms with Crippen molar-refractivity contribution in [3.63, 3.8) is 0 Å². The number of halogens is 2. The third-order valence-corrected chi connectivity index (χ3v) is 13.5. The van der Waals surface area contributed by atoms with Gasteiger partial charge in [-0.2, -0.15) is 0 Å². The predicted octanol–water partition coefficient (Wildman–Crippen LogP) is 9.03. The molecular weight excluding hydrogens is 692 g/mol. The van der Waals surface area contributed by atoms with Gasteiger partial charge in [0.05, 0.1) is 34.5 Å². The second-order valence-corrected chi connectivity index (χ2v) is 18.0. The Bertz CT molecular complexity index is 1860. The van der Waals surface area contributed by atoms with Crippen LogP contribution in [0.15, 0.2) is 91.0 Å². The van der Waals surface area contributed by atoms with Crippen LogP contribution in [0.2, 0.25) is 0 Å². The summed E-state index contributed by atoms with van der Waals surface area (Å²) < 4.78 is 58.0. The molecule has 4 aromatic rings. The Morgan fingerprint density at radius 1 is 0.527 bits per heavy atom. The van der Waals surface area contributed by atoms with Crippen molar-refractivity contribution in [3.8, 4) is 0 Å². The van der Waals surface area contributed by atoms with Crippen LogP contribution in [0, 0.1) is 11.6 Å². The molecule has 8 rings (SSSR count). The van der Waals surface area contributed by atoms with E-state index in [0.717, 1.165) is 47.7 Å². The highest BCUT2D eigenvalue weighted by Gasteiger charge is 2.53. The topological polar surface area (TPSA) is 43.4 Å². The fourth-order valence-electron chi connectivity index (χ4n) is 8.70. The zero-order valence-electron chi connectivity index (χ0n) is 33.6. The summed E-state index contributed by atoms with van der Waals surface area (Å²) in [6.07, 6.45) is 3.34. The number of hydrogen-bond donors (Lipinski definition) is 0. The smallest absolute Gasteiger partial charge is 0.399 e. The zero-order valence-corrected chi connectivity index (χ0v) is 33.6. The summed E-state index contributed by atoms with van der Waals surface area (Å²) in [5.41, 5.74) is 4.16. The maximum absolute atomic E-state index is 16.4. The summed E-state index contributed by atoms with van der Waals surface area (Å²) in [4.78, 5) is 4.10. The number of rotatable bonds is 7. The molecule has 0 amide bonds. The summed E-state index contributed by atoms with van der Waals surface area (Å²) in [5.74, 6) is -0.657. The molecule has 6 nitrogen and oxygen atoms in total. The average molecular weight is 747 g/mol. The largest absolute Gasteiger partial charge is 0.494 e. The lowest BCUT2D eigenvalue weighted by Gasteiger charge is -2.36. The molecule has 4 aromatic carbocycles. The third-order valence-electron chi connectivity index (χ3n) is 13.5. The molecule has 0 saturated carbocycles. The third kappa shape index (κ3) is 7.02. The molecule has 0 radical (unpaired) electrons. The highest BCUT2D eigenvalue weighted by molar-refractivity contribution is 6.62. The van der Waals surface area contributed by atoms with Crippen molar-refractivity contribution in [2.45, 2.75) is 121 Å². The first-order valence-electron chi connectivity index (χ1n) is 20.0. The Morgan fingerprint density at radius 2 is 0.927 bits per heavy atom. The van der Waals surface area contributed by atoms with Crippen LogP contribution in [-0.2, 0) is 18.6 Å². The van der Waals surface area contributed by atoms with E-state index in [1.807, 2.05) is 11.0 Å². The lowest BCUT2D eigenvalue weighted by molar-refractivity contribution is 0.00578. The van der Waals surface area contributed by atoms with Gasteiger partial charge in [0.2, 0.25) is 0 Å². The molecule has 2 atom stereocenters. The number of piperidine rings is 1. The number of benzene rings is 4. The first kappa shape index (κ1) is 38.2. The first-order valence-corrected chi connectivity index (χ1v) is 20.0. The second kappa shape index (κ2) is 14.0. The minimum absolute atomic E-state index is 0.0705. The highest BCUT2D eigenvalue weighted by Crippen LogP contribution is 2.48. The maximum atomic E-state index is 16.4. The SMILES string of the molecule is CC1(C)OB(c2ccc([C@H]3CC[C@H](c4ccc(B5OC(C)(C)C(C)(C)O5)cc4)N3c3cc(F)c(N4CCC(c5ccccc5)CC4)c(F)c3)cc2)OC1(C)C. The van der Waals surface area contributed by atoms with Crippen molar-refractivity contribution in [2.75, 3.05) is 22.9 Å². The normalized spacial score (nSPS) is 24.5. The summed E-state index contributed by atoms with van der Waals surface area (Å²) in [6.45, 7) is 17.6. The van der Waals surface area contributed by atoms with Gasteiger partial charge in [0, 0.05) is 18.8 Å². The van der Waals surface area contributed by atoms with Gasteiger partial charge in [-0.15, -0.1) is 0 Å². The quantitative estimate of drug-likeness (QED) is 0.176. The first-order chi connectivity index (χ1) is 26.0. The van der Waals surface area contributed by atoms with Crippen LogP contribution in [0.1, 0.15) is 116 Å². The Kier molecular flexibility index (Phi) is 9.76. The van der Waals surface area contributed by atoms with E-state index >= 15 is 8.78 Å². The fraction of sp³-hybridized carbons (Fsp3) is 0.467. The minimum Gasteiger partial charge on any atom is -0.399 e. The Hall–Kier alpha value is -3.69. The van der Waals surface area contributed by atoms with Gasteiger partial charge in [-0.25, -0.2) is 8.78 Å². The molecule has 55 heavy (non-hydrogen) atoms. The molecule has 0 unspecified atom stereocenters. The zero-order chi connectivity index (χ0) is 38.9. The number of nitrogens with zero attached hydrogens (tertiary/aromatic N) is 2. The van der Waals surface area contributed by atoms with E-state index in [1.54, 1.807) is 12.1 Å².